The molecule has 3 aromatic rings. The molecule has 0 unspecified atom stereocenters. The molecule has 6 nitrogen and oxygen atoms in total. The number of para-hydroxylation sites is 1. The van der Waals surface area contributed by atoms with Gasteiger partial charge >= 0.3 is 12.1 Å². The number of anilines is 1. The summed E-state index contributed by atoms with van der Waals surface area (Å²) in [5.74, 6) is -0.816. The number of carbonyl (C=O) groups excluding carboxylic acids is 2. The number of rotatable bonds is 7. The van der Waals surface area contributed by atoms with Gasteiger partial charge in [-0.05, 0) is 37.3 Å². The van der Waals surface area contributed by atoms with Crippen molar-refractivity contribution in [3.05, 3.63) is 101 Å². The molecule has 36 heavy (non-hydrogen) atoms. The fraction of sp³-hybridized carbons (Fsp3) is 0.148. The molecule has 0 spiro atoms. The lowest BCUT2D eigenvalue weighted by atomic mass is 10.00. The van der Waals surface area contributed by atoms with Gasteiger partial charge < -0.3 is 9.47 Å². The van der Waals surface area contributed by atoms with Crippen molar-refractivity contribution in [2.24, 2.45) is 5.10 Å². The first-order valence-corrected chi connectivity index (χ1v) is 11.0. The first-order chi connectivity index (χ1) is 17.3. The Labute approximate surface area is 205 Å². The fourth-order valence-electron chi connectivity index (χ4n) is 3.57. The number of hydrogen-bond donors (Lipinski definition) is 0. The molecule has 0 N–H and O–H groups in total. The number of amides is 1. The van der Waals surface area contributed by atoms with Gasteiger partial charge in [0, 0.05) is 11.1 Å². The smallest absolute Gasteiger partial charge is 0.416 e. The summed E-state index contributed by atoms with van der Waals surface area (Å²) in [6.07, 6.45) is -3.03. The van der Waals surface area contributed by atoms with Crippen molar-refractivity contribution in [3.63, 3.8) is 0 Å². The van der Waals surface area contributed by atoms with E-state index in [-0.39, 0.29) is 24.5 Å². The Hall–Kier alpha value is -4.40. The van der Waals surface area contributed by atoms with E-state index in [4.69, 9.17) is 9.47 Å². The number of benzene rings is 3. The average Bonchev–Trinajstić information content (AvgIpc) is 3.19. The van der Waals surface area contributed by atoms with Gasteiger partial charge in [-0.15, -0.1) is 0 Å². The highest BCUT2D eigenvalue weighted by atomic mass is 19.4. The van der Waals surface area contributed by atoms with E-state index in [1.807, 2.05) is 0 Å². The molecule has 184 valence electrons. The minimum Gasteiger partial charge on any atom is -0.481 e. The highest BCUT2D eigenvalue weighted by Crippen LogP contribution is 2.34. The highest BCUT2D eigenvalue weighted by Gasteiger charge is 2.35. The first kappa shape index (κ1) is 24.7. The Kier molecular flexibility index (Phi) is 7.19. The van der Waals surface area contributed by atoms with E-state index in [1.165, 1.54) is 12.1 Å². The van der Waals surface area contributed by atoms with Gasteiger partial charge in [-0.2, -0.15) is 23.3 Å². The lowest BCUT2D eigenvalue weighted by molar-refractivity contribution is -0.145. The molecule has 0 saturated carbocycles. The van der Waals surface area contributed by atoms with Gasteiger partial charge in [-0.3, -0.25) is 4.79 Å². The van der Waals surface area contributed by atoms with E-state index < -0.39 is 23.6 Å². The molecule has 1 aliphatic heterocycles. The van der Waals surface area contributed by atoms with Crippen LogP contribution in [0.15, 0.2) is 89.5 Å². The summed E-state index contributed by atoms with van der Waals surface area (Å²) in [6.45, 7) is 1.57. The number of carbonyl (C=O) groups is 2. The van der Waals surface area contributed by atoms with Crippen LogP contribution >= 0.6 is 0 Å². The third-order valence-electron chi connectivity index (χ3n) is 5.21. The summed E-state index contributed by atoms with van der Waals surface area (Å²) >= 11 is 0. The molecule has 1 heterocycles. The summed E-state index contributed by atoms with van der Waals surface area (Å²) in [5.41, 5.74) is 0.637. The molecule has 4 rings (SSSR count). The molecule has 0 aromatic heterocycles. The molecular weight excluding hydrogens is 473 g/mol. The van der Waals surface area contributed by atoms with Crippen LogP contribution in [0.1, 0.15) is 23.6 Å². The molecular formula is C27H21F3N2O4. The molecule has 0 fully saturated rings. The third kappa shape index (κ3) is 5.46. The third-order valence-corrected chi connectivity index (χ3v) is 5.21. The monoisotopic (exact) mass is 494 g/mol. The Bertz CT molecular complexity index is 1330. The number of halogens is 3. The fourth-order valence-corrected chi connectivity index (χ4v) is 3.57. The number of nitrogens with zero attached hydrogens (tertiary/aromatic N) is 2. The molecule has 1 aliphatic rings. The Morgan fingerprint density at radius 3 is 2.44 bits per heavy atom. The largest absolute Gasteiger partial charge is 0.481 e. The standard InChI is InChI=1S/C27H21F3N2O4/c1-2-35-24(33)17-36-23-14-7-6-11-19(23)15-22-25(18-9-4-3-5-10-18)31-32(26(22)34)21-13-8-12-20(16-21)27(28,29)30/h3-16H,2,17H2,1H3. The summed E-state index contributed by atoms with van der Waals surface area (Å²) in [4.78, 5) is 25.2. The second kappa shape index (κ2) is 10.5. The van der Waals surface area contributed by atoms with E-state index in [0.717, 1.165) is 17.1 Å². The van der Waals surface area contributed by atoms with Crippen molar-refractivity contribution in [1.29, 1.82) is 0 Å². The van der Waals surface area contributed by atoms with Crippen LogP contribution in [0, 0.1) is 0 Å². The van der Waals surface area contributed by atoms with Gasteiger partial charge in [-0.1, -0.05) is 54.6 Å². The maximum absolute atomic E-state index is 13.5. The topological polar surface area (TPSA) is 68.2 Å². The van der Waals surface area contributed by atoms with E-state index >= 15 is 0 Å². The number of alkyl halides is 3. The van der Waals surface area contributed by atoms with Crippen molar-refractivity contribution >= 4 is 29.4 Å². The lowest BCUT2D eigenvalue weighted by Crippen LogP contribution is -2.22. The molecule has 0 radical (unpaired) electrons. The van der Waals surface area contributed by atoms with Crippen LogP contribution in [0.25, 0.3) is 6.08 Å². The van der Waals surface area contributed by atoms with E-state index in [9.17, 15) is 22.8 Å². The molecule has 0 aliphatic carbocycles. The van der Waals surface area contributed by atoms with E-state index in [2.05, 4.69) is 5.10 Å². The molecule has 1 amide bonds. The second-order valence-corrected chi connectivity index (χ2v) is 7.67. The van der Waals surface area contributed by atoms with Crippen molar-refractivity contribution in [3.8, 4) is 5.75 Å². The maximum Gasteiger partial charge on any atom is 0.416 e. The van der Waals surface area contributed by atoms with Gasteiger partial charge in [0.25, 0.3) is 5.91 Å². The van der Waals surface area contributed by atoms with Crippen LogP contribution in [0.2, 0.25) is 0 Å². The predicted octanol–water partition coefficient (Wildman–Crippen LogP) is 5.48. The van der Waals surface area contributed by atoms with Crippen LogP contribution in [0.4, 0.5) is 18.9 Å². The average molecular weight is 494 g/mol. The summed E-state index contributed by atoms with van der Waals surface area (Å²) < 4.78 is 50.3. The number of hydrogen-bond acceptors (Lipinski definition) is 5. The van der Waals surface area contributed by atoms with Gasteiger partial charge in [0.15, 0.2) is 6.61 Å². The SMILES string of the molecule is CCOC(=O)COc1ccccc1C=C1C(=O)N(c2cccc(C(F)(F)F)c2)N=C1c1ccccc1. The lowest BCUT2D eigenvalue weighted by Gasteiger charge is -2.14. The minimum atomic E-state index is -4.57. The van der Waals surface area contributed by atoms with Gasteiger partial charge in [0.2, 0.25) is 0 Å². The zero-order chi connectivity index (χ0) is 25.7. The van der Waals surface area contributed by atoms with E-state index in [1.54, 1.807) is 67.6 Å². The minimum absolute atomic E-state index is 0.0153. The van der Waals surface area contributed by atoms with Crippen molar-refractivity contribution < 1.29 is 32.2 Å². The maximum atomic E-state index is 13.5. The Morgan fingerprint density at radius 2 is 1.72 bits per heavy atom. The zero-order valence-corrected chi connectivity index (χ0v) is 19.2. The van der Waals surface area contributed by atoms with Crippen LogP contribution < -0.4 is 9.75 Å². The number of ether oxygens (including phenoxy) is 2. The molecule has 3 aromatic carbocycles. The Morgan fingerprint density at radius 1 is 1.00 bits per heavy atom. The van der Waals surface area contributed by atoms with Crippen molar-refractivity contribution in [1.82, 2.24) is 0 Å². The zero-order valence-electron chi connectivity index (χ0n) is 19.2. The van der Waals surface area contributed by atoms with Gasteiger partial charge in [0.05, 0.1) is 23.4 Å². The summed E-state index contributed by atoms with van der Waals surface area (Å²) in [6, 6.07) is 20.0. The Balaban J connectivity index is 1.75. The van der Waals surface area contributed by atoms with Crippen molar-refractivity contribution in [2.75, 3.05) is 18.2 Å². The molecule has 0 bridgehead atoms. The molecule has 0 saturated heterocycles. The highest BCUT2D eigenvalue weighted by molar-refractivity contribution is 6.37. The molecule has 0 atom stereocenters. The quantitative estimate of drug-likeness (QED) is 0.322. The van der Waals surface area contributed by atoms with E-state index in [0.29, 0.717) is 22.6 Å². The van der Waals surface area contributed by atoms with Crippen molar-refractivity contribution in [2.45, 2.75) is 13.1 Å². The van der Waals surface area contributed by atoms with Gasteiger partial charge in [-0.25, -0.2) is 4.79 Å². The second-order valence-electron chi connectivity index (χ2n) is 7.67. The first-order valence-electron chi connectivity index (χ1n) is 11.0. The summed E-state index contributed by atoms with van der Waals surface area (Å²) in [7, 11) is 0. The van der Waals surface area contributed by atoms with Crippen LogP contribution in [-0.4, -0.2) is 30.8 Å². The normalized spacial score (nSPS) is 14.7. The van der Waals surface area contributed by atoms with Crippen LogP contribution in [0.3, 0.4) is 0 Å². The van der Waals surface area contributed by atoms with Crippen LogP contribution in [0.5, 0.6) is 5.75 Å². The van der Waals surface area contributed by atoms with Crippen LogP contribution in [-0.2, 0) is 20.5 Å². The molecule has 9 heteroatoms. The number of esters is 1. The number of hydrazone groups is 1. The van der Waals surface area contributed by atoms with Gasteiger partial charge in [0.1, 0.15) is 11.5 Å². The summed E-state index contributed by atoms with van der Waals surface area (Å²) in [5, 5.41) is 5.34. The predicted molar refractivity (Wildman–Crippen MR) is 128 cm³/mol.